The van der Waals surface area contributed by atoms with E-state index in [4.69, 9.17) is 10.8 Å². The molecule has 0 atom stereocenters. The van der Waals surface area contributed by atoms with Gasteiger partial charge < -0.3 is 0 Å². The number of aliphatic imine (C=N–C) groups is 1. The Morgan fingerprint density at radius 1 is 1.44 bits per heavy atom. The zero-order chi connectivity index (χ0) is 6.85. The van der Waals surface area contributed by atoms with Gasteiger partial charge in [-0.3, -0.25) is 0 Å². The maximum atomic E-state index is 7.16. The SMILES string of the molecule is N=C1C=CN=[C]([Cr])C1=N. The Morgan fingerprint density at radius 2 is 2.11 bits per heavy atom. The van der Waals surface area contributed by atoms with Crippen LogP contribution in [0.4, 0.5) is 0 Å². The Morgan fingerprint density at radius 3 is 2.56 bits per heavy atom. The first kappa shape index (κ1) is 6.40. The molecule has 0 aromatic carbocycles. The third-order valence-corrected chi connectivity index (χ3v) is 1.40. The minimum atomic E-state index is 0.164. The molecule has 45 valence electrons. The molecule has 0 aromatic heterocycles. The van der Waals surface area contributed by atoms with E-state index in [2.05, 4.69) is 21.3 Å². The van der Waals surface area contributed by atoms with Gasteiger partial charge in [0.05, 0.1) is 0 Å². The summed E-state index contributed by atoms with van der Waals surface area (Å²) in [6.45, 7) is 0. The zero-order valence-electron chi connectivity index (χ0n) is 4.51. The van der Waals surface area contributed by atoms with Gasteiger partial charge in [-0.15, -0.1) is 0 Å². The second-order valence-corrected chi connectivity index (χ2v) is 2.14. The Kier molecular flexibility index (Phi) is 1.61. The molecular weight excluding hydrogens is 154 g/mol. The van der Waals surface area contributed by atoms with Crippen LogP contribution in [-0.2, 0) is 16.3 Å². The van der Waals surface area contributed by atoms with Crippen molar-refractivity contribution in [2.24, 2.45) is 4.99 Å². The summed E-state index contributed by atoms with van der Waals surface area (Å²) < 4.78 is 0.488. The molecule has 1 heterocycles. The molecule has 0 saturated carbocycles. The van der Waals surface area contributed by atoms with Crippen molar-refractivity contribution in [3.8, 4) is 0 Å². The molecule has 0 saturated heterocycles. The summed E-state index contributed by atoms with van der Waals surface area (Å²) in [6, 6.07) is 0. The molecule has 1 rings (SSSR count). The molecule has 3 nitrogen and oxygen atoms in total. The first-order valence-electron chi connectivity index (χ1n) is 2.31. The molecule has 0 amide bonds. The van der Waals surface area contributed by atoms with E-state index < -0.39 is 0 Å². The number of nitrogens with one attached hydrogen (secondary N) is 2. The van der Waals surface area contributed by atoms with Crippen LogP contribution in [0, 0.1) is 10.8 Å². The average Bonchev–Trinajstić information content (AvgIpc) is 1.83. The van der Waals surface area contributed by atoms with Crippen LogP contribution in [0.1, 0.15) is 0 Å². The third-order valence-electron chi connectivity index (χ3n) is 0.916. The summed E-state index contributed by atoms with van der Waals surface area (Å²) in [6.07, 6.45) is 3.00. The molecular formula is C5H4CrN3. The van der Waals surface area contributed by atoms with Gasteiger partial charge in [-0.2, -0.15) is 0 Å². The predicted octanol–water partition coefficient (Wildman–Crippen LogP) is 0.499. The number of hydrogen-bond acceptors (Lipinski definition) is 3. The van der Waals surface area contributed by atoms with Crippen molar-refractivity contribution >= 4 is 16.0 Å². The third kappa shape index (κ3) is 1.15. The Labute approximate surface area is 60.9 Å². The minimum absolute atomic E-state index is 0.164. The first-order chi connectivity index (χ1) is 4.22. The topological polar surface area (TPSA) is 60.1 Å². The van der Waals surface area contributed by atoms with Crippen LogP contribution in [0.15, 0.2) is 17.3 Å². The Balaban J connectivity index is 3.00. The molecule has 0 fully saturated rings. The predicted molar refractivity (Wildman–Crippen MR) is 32.0 cm³/mol. The van der Waals surface area contributed by atoms with Crippen LogP contribution in [0.25, 0.3) is 0 Å². The van der Waals surface area contributed by atoms with E-state index in [-0.39, 0.29) is 11.4 Å². The second-order valence-electron chi connectivity index (χ2n) is 1.54. The number of rotatable bonds is 0. The molecule has 2 N–H and O–H groups in total. The van der Waals surface area contributed by atoms with Crippen LogP contribution < -0.4 is 0 Å². The Hall–Kier alpha value is -0.718. The van der Waals surface area contributed by atoms with Gasteiger partial charge in [0.1, 0.15) is 0 Å². The average molecular weight is 158 g/mol. The molecule has 0 bridgehead atoms. The van der Waals surface area contributed by atoms with Crippen LogP contribution in [0.3, 0.4) is 0 Å². The van der Waals surface area contributed by atoms with Crippen molar-refractivity contribution < 1.29 is 16.3 Å². The van der Waals surface area contributed by atoms with Gasteiger partial charge >= 0.3 is 60.4 Å². The first-order valence-corrected chi connectivity index (χ1v) is 2.95. The molecule has 9 heavy (non-hydrogen) atoms. The van der Waals surface area contributed by atoms with Crippen molar-refractivity contribution in [3.63, 3.8) is 0 Å². The molecule has 0 aliphatic carbocycles. The fourth-order valence-corrected chi connectivity index (χ4v) is 0.709. The van der Waals surface area contributed by atoms with E-state index in [1.54, 1.807) is 0 Å². The number of hydrogen-bond donors (Lipinski definition) is 2. The molecule has 0 spiro atoms. The summed E-state index contributed by atoms with van der Waals surface area (Å²) in [7, 11) is 0. The van der Waals surface area contributed by atoms with Gasteiger partial charge in [0, 0.05) is 0 Å². The van der Waals surface area contributed by atoms with E-state index >= 15 is 0 Å². The van der Waals surface area contributed by atoms with Crippen molar-refractivity contribution in [3.05, 3.63) is 12.3 Å². The Bertz CT molecular complexity index is 226. The summed E-state index contributed by atoms with van der Waals surface area (Å²) >= 11 is 2.59. The summed E-state index contributed by atoms with van der Waals surface area (Å²) in [4.78, 5) is 3.78. The maximum absolute atomic E-state index is 7.16. The van der Waals surface area contributed by atoms with E-state index in [1.165, 1.54) is 12.3 Å². The number of allylic oxidation sites excluding steroid dienone is 1. The monoisotopic (exact) mass is 158 g/mol. The molecule has 1 aliphatic rings. The van der Waals surface area contributed by atoms with Crippen molar-refractivity contribution in [2.75, 3.05) is 0 Å². The van der Waals surface area contributed by atoms with Gasteiger partial charge in [-0.05, 0) is 0 Å². The molecule has 4 heteroatoms. The van der Waals surface area contributed by atoms with Crippen LogP contribution in [0.5, 0.6) is 0 Å². The van der Waals surface area contributed by atoms with Gasteiger partial charge in [0.15, 0.2) is 0 Å². The summed E-state index contributed by atoms with van der Waals surface area (Å²) in [5.41, 5.74) is 0.372. The second kappa shape index (κ2) is 2.26. The zero-order valence-corrected chi connectivity index (χ0v) is 5.79. The van der Waals surface area contributed by atoms with Gasteiger partial charge in [0.2, 0.25) is 0 Å². The summed E-state index contributed by atoms with van der Waals surface area (Å²) in [5.74, 6) is 0. The van der Waals surface area contributed by atoms with Gasteiger partial charge in [-0.25, -0.2) is 0 Å². The van der Waals surface area contributed by atoms with E-state index in [0.29, 0.717) is 4.57 Å². The molecule has 1 aliphatic heterocycles. The van der Waals surface area contributed by atoms with Crippen molar-refractivity contribution in [1.29, 1.82) is 10.8 Å². The van der Waals surface area contributed by atoms with E-state index in [1.807, 2.05) is 0 Å². The number of nitrogens with zero attached hydrogens (tertiary/aromatic N) is 1. The van der Waals surface area contributed by atoms with E-state index in [0.717, 1.165) is 0 Å². The molecule has 0 unspecified atom stereocenters. The molecule has 0 radical (unpaired) electrons. The fourth-order valence-electron chi connectivity index (χ4n) is 0.443. The fraction of sp³-hybridized carbons (Fsp3) is 0. The quantitative estimate of drug-likeness (QED) is 0.515. The normalized spacial score (nSPS) is 18.0. The van der Waals surface area contributed by atoms with Gasteiger partial charge in [0.25, 0.3) is 0 Å². The summed E-state index contributed by atoms with van der Waals surface area (Å²) in [5, 5.41) is 14.3. The molecule has 0 aromatic rings. The standard InChI is InChI=1S/C5H4N3.Cr/c6-4-1-2-8-3-5(4)7;/h1-2,6-7H;. The van der Waals surface area contributed by atoms with Crippen LogP contribution >= 0.6 is 0 Å². The van der Waals surface area contributed by atoms with Gasteiger partial charge in [-0.1, -0.05) is 0 Å². The van der Waals surface area contributed by atoms with Crippen LogP contribution in [-0.4, -0.2) is 16.0 Å². The van der Waals surface area contributed by atoms with Crippen molar-refractivity contribution in [1.82, 2.24) is 0 Å². The van der Waals surface area contributed by atoms with Crippen LogP contribution in [0.2, 0.25) is 0 Å². The van der Waals surface area contributed by atoms with E-state index in [9.17, 15) is 0 Å². The van der Waals surface area contributed by atoms with Crippen molar-refractivity contribution in [2.45, 2.75) is 0 Å².